The largest absolute Gasteiger partial charge is 0.371 e. The van der Waals surface area contributed by atoms with Gasteiger partial charge in [-0.15, -0.1) is 11.3 Å². The zero-order valence-corrected chi connectivity index (χ0v) is 20.5. The van der Waals surface area contributed by atoms with Crippen molar-refractivity contribution < 1.29 is 0 Å². The van der Waals surface area contributed by atoms with Crippen molar-refractivity contribution in [2.75, 3.05) is 38.6 Å². The smallest absolute Gasteiger partial charge is 0.275 e. The summed E-state index contributed by atoms with van der Waals surface area (Å²) in [5.74, 6) is 0.704. The highest BCUT2D eigenvalue weighted by Crippen LogP contribution is 2.32. The van der Waals surface area contributed by atoms with E-state index in [9.17, 15) is 4.79 Å². The van der Waals surface area contributed by atoms with Crippen LogP contribution in [0, 0.1) is 19.8 Å². The molecule has 0 aliphatic carbocycles. The molecule has 5 rings (SSSR count). The van der Waals surface area contributed by atoms with Crippen LogP contribution in [-0.4, -0.2) is 48.2 Å². The Morgan fingerprint density at radius 2 is 1.88 bits per heavy atom. The summed E-state index contributed by atoms with van der Waals surface area (Å²) >= 11 is 1.52. The fraction of sp³-hybridized carbons (Fsp3) is 0.333. The Hall–Kier alpha value is -2.96. The number of hydrogen-bond donors (Lipinski definition) is 0. The number of aromatic nitrogens is 2. The van der Waals surface area contributed by atoms with E-state index in [1.807, 2.05) is 6.07 Å². The van der Waals surface area contributed by atoms with Gasteiger partial charge in [0.05, 0.1) is 11.2 Å². The Balaban J connectivity index is 1.45. The van der Waals surface area contributed by atoms with Crippen LogP contribution in [0.15, 0.2) is 59.7 Å². The van der Waals surface area contributed by atoms with Crippen molar-refractivity contribution in [3.8, 4) is 16.1 Å². The van der Waals surface area contributed by atoms with Gasteiger partial charge in [0.2, 0.25) is 0 Å². The van der Waals surface area contributed by atoms with Crippen LogP contribution in [0.1, 0.15) is 17.5 Å². The second-order valence-electron chi connectivity index (χ2n) is 9.44. The molecule has 5 nitrogen and oxygen atoms in total. The van der Waals surface area contributed by atoms with E-state index in [-0.39, 0.29) is 5.56 Å². The van der Waals surface area contributed by atoms with Crippen molar-refractivity contribution >= 4 is 27.2 Å². The summed E-state index contributed by atoms with van der Waals surface area (Å²) in [4.78, 5) is 23.8. The van der Waals surface area contributed by atoms with Gasteiger partial charge in [0.1, 0.15) is 11.0 Å². The van der Waals surface area contributed by atoms with Crippen molar-refractivity contribution in [1.29, 1.82) is 0 Å². The van der Waals surface area contributed by atoms with Crippen LogP contribution in [-0.2, 0) is 0 Å². The lowest BCUT2D eigenvalue weighted by Gasteiger charge is -2.21. The molecule has 4 aromatic rings. The van der Waals surface area contributed by atoms with Crippen molar-refractivity contribution in [2.24, 2.45) is 5.92 Å². The Morgan fingerprint density at radius 1 is 1.09 bits per heavy atom. The molecule has 0 amide bonds. The summed E-state index contributed by atoms with van der Waals surface area (Å²) in [6, 6.07) is 16.8. The van der Waals surface area contributed by atoms with Crippen LogP contribution in [0.4, 0.5) is 5.69 Å². The second-order valence-corrected chi connectivity index (χ2v) is 10.5. The number of thiophene rings is 1. The SMILES string of the molecule is Cc1ccc(-c2cc3ncn(-c4ccc(N5CCC(CN(C)C)C5)cc4C)c(=O)c3s2)cc1. The molecule has 0 radical (unpaired) electrons. The maximum absolute atomic E-state index is 13.4. The first-order valence-corrected chi connectivity index (χ1v) is 12.3. The molecule has 170 valence electrons. The second kappa shape index (κ2) is 8.76. The minimum absolute atomic E-state index is 0.00793. The molecule has 2 aromatic carbocycles. The molecule has 0 spiro atoms. The van der Waals surface area contributed by atoms with E-state index in [0.717, 1.165) is 46.8 Å². The van der Waals surface area contributed by atoms with Gasteiger partial charge in [0, 0.05) is 30.2 Å². The number of fused-ring (bicyclic) bond motifs is 1. The zero-order valence-electron chi connectivity index (χ0n) is 19.7. The molecule has 1 aliphatic rings. The molecule has 3 heterocycles. The predicted octanol–water partition coefficient (Wildman–Crippen LogP) is 5.12. The molecule has 2 aromatic heterocycles. The van der Waals surface area contributed by atoms with E-state index < -0.39 is 0 Å². The van der Waals surface area contributed by atoms with Crippen LogP contribution in [0.5, 0.6) is 0 Å². The predicted molar refractivity (Wildman–Crippen MR) is 139 cm³/mol. The number of aryl methyl sites for hydroxylation is 2. The van der Waals surface area contributed by atoms with Crippen LogP contribution in [0.25, 0.3) is 26.3 Å². The molecule has 1 fully saturated rings. The van der Waals surface area contributed by atoms with Crippen molar-refractivity contribution in [1.82, 2.24) is 14.5 Å². The van der Waals surface area contributed by atoms with E-state index in [1.54, 1.807) is 10.9 Å². The molecule has 1 unspecified atom stereocenters. The lowest BCUT2D eigenvalue weighted by molar-refractivity contribution is 0.340. The van der Waals surface area contributed by atoms with Crippen LogP contribution in [0.3, 0.4) is 0 Å². The fourth-order valence-electron chi connectivity index (χ4n) is 4.78. The number of hydrogen-bond acceptors (Lipinski definition) is 5. The average Bonchev–Trinajstić information content (AvgIpc) is 3.42. The summed E-state index contributed by atoms with van der Waals surface area (Å²) in [7, 11) is 4.28. The molecule has 0 bridgehead atoms. The first-order chi connectivity index (χ1) is 15.9. The third-order valence-corrected chi connectivity index (χ3v) is 7.65. The monoisotopic (exact) mass is 458 g/mol. The van der Waals surface area contributed by atoms with Crippen LogP contribution >= 0.6 is 11.3 Å². The van der Waals surface area contributed by atoms with E-state index in [4.69, 9.17) is 0 Å². The van der Waals surface area contributed by atoms with Gasteiger partial charge in [-0.3, -0.25) is 9.36 Å². The maximum Gasteiger partial charge on any atom is 0.275 e. The molecule has 0 saturated carbocycles. The Labute approximate surface area is 198 Å². The van der Waals surface area contributed by atoms with Gasteiger partial charge in [-0.1, -0.05) is 29.8 Å². The third kappa shape index (κ3) is 4.33. The molecule has 33 heavy (non-hydrogen) atoms. The molecule has 6 heteroatoms. The van der Waals surface area contributed by atoms with E-state index >= 15 is 0 Å². The lowest BCUT2D eigenvalue weighted by atomic mass is 10.1. The summed E-state index contributed by atoms with van der Waals surface area (Å²) in [6.07, 6.45) is 2.89. The Kier molecular flexibility index (Phi) is 5.81. The van der Waals surface area contributed by atoms with Gasteiger partial charge < -0.3 is 9.80 Å². The molecule has 1 atom stereocenters. The van der Waals surface area contributed by atoms with E-state index in [0.29, 0.717) is 10.6 Å². The van der Waals surface area contributed by atoms with E-state index in [1.165, 1.54) is 29.0 Å². The van der Waals surface area contributed by atoms with Crippen LogP contribution in [0.2, 0.25) is 0 Å². The van der Waals surface area contributed by atoms with Gasteiger partial charge in [0.15, 0.2) is 0 Å². The normalized spacial score (nSPS) is 16.3. The highest BCUT2D eigenvalue weighted by molar-refractivity contribution is 7.22. The van der Waals surface area contributed by atoms with Gasteiger partial charge in [-0.05, 0) is 75.7 Å². The zero-order chi connectivity index (χ0) is 23.1. The van der Waals surface area contributed by atoms with Gasteiger partial charge in [-0.2, -0.15) is 0 Å². The topological polar surface area (TPSA) is 41.4 Å². The van der Waals surface area contributed by atoms with Crippen molar-refractivity contribution in [3.63, 3.8) is 0 Å². The first-order valence-electron chi connectivity index (χ1n) is 11.5. The minimum Gasteiger partial charge on any atom is -0.371 e. The van der Waals surface area contributed by atoms with Gasteiger partial charge >= 0.3 is 0 Å². The molecular formula is C27H30N4OS. The number of rotatable bonds is 5. The Bertz CT molecular complexity index is 1350. The molecule has 1 saturated heterocycles. The Morgan fingerprint density at radius 3 is 2.61 bits per heavy atom. The minimum atomic E-state index is -0.00793. The van der Waals surface area contributed by atoms with Gasteiger partial charge in [0.25, 0.3) is 5.56 Å². The van der Waals surface area contributed by atoms with Gasteiger partial charge in [-0.25, -0.2) is 4.98 Å². The fourth-order valence-corrected chi connectivity index (χ4v) is 5.83. The number of benzene rings is 2. The van der Waals surface area contributed by atoms with Crippen molar-refractivity contribution in [3.05, 3.63) is 76.3 Å². The first kappa shape index (κ1) is 21.9. The molecule has 1 aliphatic heterocycles. The average molecular weight is 459 g/mol. The summed E-state index contributed by atoms with van der Waals surface area (Å²) in [5, 5.41) is 0. The maximum atomic E-state index is 13.4. The number of anilines is 1. The van der Waals surface area contributed by atoms with E-state index in [2.05, 4.69) is 85.2 Å². The standard InChI is InChI=1S/C27H30N4OS/c1-18-5-7-21(8-6-18)25-14-23-26(33-25)27(32)31(17-28-23)24-10-9-22(13-19(24)2)30-12-11-20(16-30)15-29(3)4/h5-10,13-14,17,20H,11-12,15-16H2,1-4H3. The quantitative estimate of drug-likeness (QED) is 0.416. The van der Waals surface area contributed by atoms with Crippen LogP contribution < -0.4 is 10.5 Å². The van der Waals surface area contributed by atoms with Crippen molar-refractivity contribution in [2.45, 2.75) is 20.3 Å². The highest BCUT2D eigenvalue weighted by atomic mass is 32.1. The molecule has 0 N–H and O–H groups in total. The summed E-state index contributed by atoms with van der Waals surface area (Å²) in [5.41, 5.74) is 6.31. The third-order valence-electron chi connectivity index (χ3n) is 6.49. The summed E-state index contributed by atoms with van der Waals surface area (Å²) in [6.45, 7) is 7.45. The molecular weight excluding hydrogens is 428 g/mol. The summed E-state index contributed by atoms with van der Waals surface area (Å²) < 4.78 is 2.39. The number of nitrogens with zero attached hydrogens (tertiary/aromatic N) is 4. The lowest BCUT2D eigenvalue weighted by Crippen LogP contribution is -2.25. The highest BCUT2D eigenvalue weighted by Gasteiger charge is 2.23.